The van der Waals surface area contributed by atoms with Crippen LogP contribution in [0.3, 0.4) is 0 Å². The molecule has 0 bridgehead atoms. The fourth-order valence-corrected chi connectivity index (χ4v) is 2.21. The smallest absolute Gasteiger partial charge is 0.115 e. The van der Waals surface area contributed by atoms with Crippen LogP contribution in [-0.2, 0) is 11.2 Å². The molecular weight excluding hydrogens is 252 g/mol. The molecule has 106 valence electrons. The van der Waals surface area contributed by atoms with E-state index in [0.29, 0.717) is 6.42 Å². The minimum Gasteiger partial charge on any atom is -0.508 e. The van der Waals surface area contributed by atoms with E-state index in [1.165, 1.54) is 12.1 Å². The van der Waals surface area contributed by atoms with Gasteiger partial charge in [-0.25, -0.2) is 0 Å². The van der Waals surface area contributed by atoms with Gasteiger partial charge in [-0.3, -0.25) is 0 Å². The van der Waals surface area contributed by atoms with Crippen LogP contribution < -0.4 is 0 Å². The van der Waals surface area contributed by atoms with Gasteiger partial charge >= 0.3 is 0 Å². The Kier molecular flexibility index (Phi) is 4.38. The molecule has 1 aromatic carbocycles. The van der Waals surface area contributed by atoms with Crippen molar-refractivity contribution in [3.05, 3.63) is 29.8 Å². The molecule has 6 nitrogen and oxygen atoms in total. The van der Waals surface area contributed by atoms with E-state index in [9.17, 15) is 20.4 Å². The molecule has 0 aliphatic carbocycles. The molecule has 6 heteroatoms. The van der Waals surface area contributed by atoms with Gasteiger partial charge < -0.3 is 30.3 Å². The Hall–Kier alpha value is -1.18. The van der Waals surface area contributed by atoms with Crippen LogP contribution in [0, 0.1) is 0 Å². The van der Waals surface area contributed by atoms with Gasteiger partial charge in [0.05, 0.1) is 12.7 Å². The highest BCUT2D eigenvalue weighted by Gasteiger charge is 2.43. The minimum atomic E-state index is -1.35. The van der Waals surface area contributed by atoms with E-state index in [1.54, 1.807) is 12.1 Å². The van der Waals surface area contributed by atoms with Crippen LogP contribution in [0.1, 0.15) is 5.56 Å². The molecule has 2 rings (SSSR count). The second-order valence-electron chi connectivity index (χ2n) is 4.74. The number of aliphatic hydroxyl groups excluding tert-OH is 4. The van der Waals surface area contributed by atoms with Crippen molar-refractivity contribution < 1.29 is 30.3 Å². The molecular formula is C13H18O6. The van der Waals surface area contributed by atoms with Crippen molar-refractivity contribution in [2.45, 2.75) is 36.9 Å². The Morgan fingerprint density at radius 1 is 0.895 bits per heavy atom. The third-order valence-electron chi connectivity index (χ3n) is 3.36. The Morgan fingerprint density at radius 2 is 1.47 bits per heavy atom. The summed E-state index contributed by atoms with van der Waals surface area (Å²) in [6.45, 7) is -0.434. The van der Waals surface area contributed by atoms with Crippen LogP contribution in [0.15, 0.2) is 24.3 Å². The Balaban J connectivity index is 2.08. The number of aliphatic hydroxyl groups is 4. The summed E-state index contributed by atoms with van der Waals surface area (Å²) in [4.78, 5) is 0. The maximum atomic E-state index is 9.87. The van der Waals surface area contributed by atoms with Crippen LogP contribution in [0.5, 0.6) is 5.75 Å². The lowest BCUT2D eigenvalue weighted by Crippen LogP contribution is -2.58. The zero-order valence-corrected chi connectivity index (χ0v) is 10.3. The predicted molar refractivity (Wildman–Crippen MR) is 65.6 cm³/mol. The largest absolute Gasteiger partial charge is 0.508 e. The van der Waals surface area contributed by atoms with E-state index >= 15 is 0 Å². The van der Waals surface area contributed by atoms with Crippen molar-refractivity contribution in [3.8, 4) is 5.75 Å². The van der Waals surface area contributed by atoms with Crippen molar-refractivity contribution in [1.82, 2.24) is 0 Å². The summed E-state index contributed by atoms with van der Waals surface area (Å²) in [5, 5.41) is 47.4. The topological polar surface area (TPSA) is 110 Å². The van der Waals surface area contributed by atoms with Gasteiger partial charge in [0.25, 0.3) is 0 Å². The van der Waals surface area contributed by atoms with Crippen molar-refractivity contribution in [2.24, 2.45) is 0 Å². The highest BCUT2D eigenvalue weighted by molar-refractivity contribution is 5.26. The quantitative estimate of drug-likeness (QED) is 0.471. The summed E-state index contributed by atoms with van der Waals surface area (Å²) in [5.41, 5.74) is 0.808. The average Bonchev–Trinajstić information content (AvgIpc) is 2.42. The van der Waals surface area contributed by atoms with E-state index in [0.717, 1.165) is 5.56 Å². The predicted octanol–water partition coefficient (Wildman–Crippen LogP) is -1.22. The number of phenolic OH excluding ortho intramolecular Hbond substituents is 1. The molecule has 0 aromatic heterocycles. The molecule has 0 amide bonds. The molecule has 5 N–H and O–H groups in total. The van der Waals surface area contributed by atoms with Crippen LogP contribution in [0.2, 0.25) is 0 Å². The fourth-order valence-electron chi connectivity index (χ4n) is 2.21. The van der Waals surface area contributed by atoms with E-state index in [1.807, 2.05) is 0 Å². The number of phenols is 1. The molecule has 1 fully saturated rings. The molecule has 5 atom stereocenters. The second-order valence-corrected chi connectivity index (χ2v) is 4.74. The number of hydrogen-bond donors (Lipinski definition) is 5. The van der Waals surface area contributed by atoms with Gasteiger partial charge in [-0.2, -0.15) is 0 Å². The number of benzene rings is 1. The van der Waals surface area contributed by atoms with Crippen LogP contribution in [0.25, 0.3) is 0 Å². The number of hydrogen-bond acceptors (Lipinski definition) is 6. The molecule has 1 saturated heterocycles. The maximum Gasteiger partial charge on any atom is 0.115 e. The molecule has 0 spiro atoms. The zero-order valence-electron chi connectivity index (χ0n) is 10.3. The summed E-state index contributed by atoms with van der Waals surface area (Å²) < 4.78 is 5.39. The third-order valence-corrected chi connectivity index (χ3v) is 3.36. The Labute approximate surface area is 110 Å². The lowest BCUT2D eigenvalue weighted by atomic mass is 9.92. The maximum absolute atomic E-state index is 9.87. The number of ether oxygens (including phenoxy) is 1. The second kappa shape index (κ2) is 5.85. The summed E-state index contributed by atoms with van der Waals surface area (Å²) in [7, 11) is 0. The summed E-state index contributed by atoms with van der Waals surface area (Å²) in [6, 6.07) is 6.38. The summed E-state index contributed by atoms with van der Waals surface area (Å²) in [6.07, 6.45) is -5.22. The van der Waals surface area contributed by atoms with Crippen LogP contribution in [-0.4, -0.2) is 62.7 Å². The van der Waals surface area contributed by atoms with E-state index in [4.69, 9.17) is 9.84 Å². The Morgan fingerprint density at radius 3 is 2.05 bits per heavy atom. The zero-order chi connectivity index (χ0) is 14.0. The van der Waals surface area contributed by atoms with Crippen molar-refractivity contribution in [1.29, 1.82) is 0 Å². The molecule has 1 heterocycles. The van der Waals surface area contributed by atoms with Crippen LogP contribution >= 0.6 is 0 Å². The first-order valence-electron chi connectivity index (χ1n) is 6.11. The molecule has 1 aliphatic rings. The summed E-state index contributed by atoms with van der Waals surface area (Å²) in [5.74, 6) is 0.137. The monoisotopic (exact) mass is 270 g/mol. The van der Waals surface area contributed by atoms with Gasteiger partial charge in [-0.15, -0.1) is 0 Å². The number of aromatic hydroxyl groups is 1. The summed E-state index contributed by atoms with van der Waals surface area (Å²) >= 11 is 0. The minimum absolute atomic E-state index is 0.137. The normalized spacial score (nSPS) is 35.3. The lowest BCUT2D eigenvalue weighted by Gasteiger charge is -2.40. The first-order chi connectivity index (χ1) is 9.02. The van der Waals surface area contributed by atoms with Gasteiger partial charge in [0.15, 0.2) is 0 Å². The first kappa shape index (κ1) is 14.2. The highest BCUT2D eigenvalue weighted by atomic mass is 16.5. The molecule has 1 aliphatic heterocycles. The standard InChI is InChI=1S/C13H18O6/c14-6-10-12(17)13(18)11(16)9(19-10)5-7-1-3-8(15)4-2-7/h1-4,9-18H,5-6H2. The highest BCUT2D eigenvalue weighted by Crippen LogP contribution is 2.24. The third kappa shape index (κ3) is 3.05. The van der Waals surface area contributed by atoms with E-state index in [2.05, 4.69) is 0 Å². The number of rotatable bonds is 3. The van der Waals surface area contributed by atoms with Crippen molar-refractivity contribution >= 4 is 0 Å². The van der Waals surface area contributed by atoms with Gasteiger partial charge in [-0.05, 0) is 17.7 Å². The molecule has 0 radical (unpaired) electrons. The van der Waals surface area contributed by atoms with Gasteiger partial charge in [0, 0.05) is 6.42 Å². The SMILES string of the molecule is OCC1OC(Cc2ccc(O)cc2)C(O)C(O)C1O. The average molecular weight is 270 g/mol. The van der Waals surface area contributed by atoms with E-state index in [-0.39, 0.29) is 5.75 Å². The fraction of sp³-hybridized carbons (Fsp3) is 0.538. The van der Waals surface area contributed by atoms with Gasteiger partial charge in [0.2, 0.25) is 0 Å². The van der Waals surface area contributed by atoms with E-state index < -0.39 is 37.1 Å². The molecule has 1 aromatic rings. The lowest BCUT2D eigenvalue weighted by molar-refractivity contribution is -0.228. The molecule has 5 unspecified atom stereocenters. The van der Waals surface area contributed by atoms with Crippen LogP contribution in [0.4, 0.5) is 0 Å². The van der Waals surface area contributed by atoms with Crippen molar-refractivity contribution in [3.63, 3.8) is 0 Å². The van der Waals surface area contributed by atoms with Gasteiger partial charge in [0.1, 0.15) is 30.2 Å². The van der Waals surface area contributed by atoms with Crippen molar-refractivity contribution in [2.75, 3.05) is 6.61 Å². The van der Waals surface area contributed by atoms with Gasteiger partial charge in [-0.1, -0.05) is 12.1 Å². The first-order valence-corrected chi connectivity index (χ1v) is 6.11. The Bertz CT molecular complexity index is 404. The molecule has 19 heavy (non-hydrogen) atoms. The molecule has 0 saturated carbocycles.